The van der Waals surface area contributed by atoms with E-state index in [1.807, 2.05) is 13.8 Å². The predicted octanol–water partition coefficient (Wildman–Crippen LogP) is 1.22. The van der Waals surface area contributed by atoms with Crippen molar-refractivity contribution in [3.8, 4) is 0 Å². The molecule has 0 unspecified atom stereocenters. The van der Waals surface area contributed by atoms with Gasteiger partial charge in [-0.25, -0.2) is 0 Å². The summed E-state index contributed by atoms with van der Waals surface area (Å²) < 4.78 is 5.12. The van der Waals surface area contributed by atoms with Crippen molar-refractivity contribution >= 4 is 5.78 Å². The molecule has 0 spiro atoms. The van der Waals surface area contributed by atoms with Crippen LogP contribution in [0.15, 0.2) is 11.3 Å². The molecule has 3 heteroatoms. The summed E-state index contributed by atoms with van der Waals surface area (Å²) in [6.07, 6.45) is 0. The van der Waals surface area contributed by atoms with E-state index in [2.05, 4.69) is 0 Å². The summed E-state index contributed by atoms with van der Waals surface area (Å²) in [4.78, 5) is 11.3. The molecule has 0 aliphatic carbocycles. The number of aliphatic hydroxyl groups is 1. The quantitative estimate of drug-likeness (QED) is 0.643. The van der Waals surface area contributed by atoms with Gasteiger partial charge in [0.25, 0.3) is 5.79 Å². The highest BCUT2D eigenvalue weighted by molar-refractivity contribution is 6.02. The van der Waals surface area contributed by atoms with E-state index >= 15 is 0 Å². The fraction of sp³-hybridized carbons (Fsp3) is 0.667. The molecule has 0 aromatic rings. The van der Waals surface area contributed by atoms with E-state index in [4.69, 9.17) is 4.74 Å². The molecule has 0 aromatic carbocycles. The van der Waals surface area contributed by atoms with Gasteiger partial charge in [-0.05, 0) is 6.92 Å². The van der Waals surface area contributed by atoms with E-state index in [-0.39, 0.29) is 11.7 Å². The molecule has 1 aliphatic rings. The van der Waals surface area contributed by atoms with Crippen LogP contribution in [0.5, 0.6) is 0 Å². The zero-order valence-electron chi connectivity index (χ0n) is 7.84. The maximum atomic E-state index is 11.3. The molecule has 68 valence electrons. The van der Waals surface area contributed by atoms with Gasteiger partial charge >= 0.3 is 0 Å². The van der Waals surface area contributed by atoms with Crippen LogP contribution in [0.3, 0.4) is 0 Å². The van der Waals surface area contributed by atoms with Gasteiger partial charge in [0.1, 0.15) is 5.76 Å². The summed E-state index contributed by atoms with van der Waals surface area (Å²) in [5.41, 5.74) is 0.537. The number of Topliss-reactive ketones (excluding diaryl/α,β-unsaturated/α-hetero) is 1. The van der Waals surface area contributed by atoms with Crippen LogP contribution in [0.25, 0.3) is 0 Å². The third-order valence-electron chi connectivity index (χ3n) is 1.96. The van der Waals surface area contributed by atoms with Crippen LogP contribution in [0.4, 0.5) is 0 Å². The highest BCUT2D eigenvalue weighted by Gasteiger charge is 2.42. The predicted molar refractivity (Wildman–Crippen MR) is 44.3 cm³/mol. The highest BCUT2D eigenvalue weighted by atomic mass is 16.6. The third kappa shape index (κ3) is 1.25. The molecule has 0 aromatic heterocycles. The Morgan fingerprint density at radius 2 is 2.00 bits per heavy atom. The maximum Gasteiger partial charge on any atom is 0.269 e. The standard InChI is InChI=1S/C9H14O3/c1-5(2)7-6(3)8(10)9(4,11)12-7/h5,11H,1-4H3/t9-/m0/s1. The SMILES string of the molecule is CC1=C(C(C)C)O[C@](C)(O)C1=O. The number of carbonyl (C=O) groups excluding carboxylic acids is 1. The van der Waals surface area contributed by atoms with Crippen molar-refractivity contribution in [1.29, 1.82) is 0 Å². The summed E-state index contributed by atoms with van der Waals surface area (Å²) in [5, 5.41) is 9.44. The van der Waals surface area contributed by atoms with Crippen LogP contribution in [0, 0.1) is 5.92 Å². The molecular formula is C9H14O3. The fourth-order valence-electron chi connectivity index (χ4n) is 1.35. The molecule has 0 radical (unpaired) electrons. The summed E-state index contributed by atoms with van der Waals surface area (Å²) in [6, 6.07) is 0. The van der Waals surface area contributed by atoms with E-state index in [1.54, 1.807) is 6.92 Å². The first-order valence-corrected chi connectivity index (χ1v) is 4.03. The lowest BCUT2D eigenvalue weighted by atomic mass is 10.0. The first-order valence-electron chi connectivity index (χ1n) is 4.03. The second-order valence-corrected chi connectivity index (χ2v) is 3.56. The van der Waals surface area contributed by atoms with Crippen molar-refractivity contribution in [2.24, 2.45) is 5.92 Å². The molecule has 1 atom stereocenters. The Morgan fingerprint density at radius 3 is 2.17 bits per heavy atom. The van der Waals surface area contributed by atoms with Crippen LogP contribution in [0.2, 0.25) is 0 Å². The molecule has 0 fully saturated rings. The Kier molecular flexibility index (Phi) is 2.00. The Labute approximate surface area is 72.0 Å². The summed E-state index contributed by atoms with van der Waals surface area (Å²) in [7, 11) is 0. The van der Waals surface area contributed by atoms with Gasteiger partial charge < -0.3 is 9.84 Å². The van der Waals surface area contributed by atoms with Crippen LogP contribution in [-0.2, 0) is 9.53 Å². The van der Waals surface area contributed by atoms with Gasteiger partial charge in [0, 0.05) is 18.4 Å². The number of ether oxygens (including phenoxy) is 1. The van der Waals surface area contributed by atoms with E-state index in [1.165, 1.54) is 6.92 Å². The number of allylic oxidation sites excluding steroid dienone is 1. The molecule has 1 aliphatic heterocycles. The van der Waals surface area contributed by atoms with Crippen LogP contribution in [-0.4, -0.2) is 16.7 Å². The van der Waals surface area contributed by atoms with Crippen molar-refractivity contribution in [2.45, 2.75) is 33.5 Å². The number of carbonyl (C=O) groups is 1. The van der Waals surface area contributed by atoms with Gasteiger partial charge in [-0.1, -0.05) is 13.8 Å². The molecule has 0 saturated heterocycles. The second-order valence-electron chi connectivity index (χ2n) is 3.56. The normalized spacial score (nSPS) is 30.0. The lowest BCUT2D eigenvalue weighted by Gasteiger charge is -2.17. The molecule has 1 rings (SSSR count). The Morgan fingerprint density at radius 1 is 1.50 bits per heavy atom. The zero-order chi connectivity index (χ0) is 9.52. The number of hydrogen-bond donors (Lipinski definition) is 1. The van der Waals surface area contributed by atoms with Crippen molar-refractivity contribution in [2.75, 3.05) is 0 Å². The van der Waals surface area contributed by atoms with Gasteiger partial charge in [-0.2, -0.15) is 0 Å². The highest BCUT2D eigenvalue weighted by Crippen LogP contribution is 2.32. The minimum Gasteiger partial charge on any atom is -0.459 e. The van der Waals surface area contributed by atoms with Gasteiger partial charge in [-0.3, -0.25) is 4.79 Å². The third-order valence-corrected chi connectivity index (χ3v) is 1.96. The van der Waals surface area contributed by atoms with Gasteiger partial charge in [0.2, 0.25) is 5.78 Å². The van der Waals surface area contributed by atoms with Crippen molar-refractivity contribution in [3.63, 3.8) is 0 Å². The first-order chi connectivity index (χ1) is 5.36. The fourth-order valence-corrected chi connectivity index (χ4v) is 1.35. The van der Waals surface area contributed by atoms with Gasteiger partial charge in [0.05, 0.1) is 0 Å². The maximum absolute atomic E-state index is 11.3. The lowest BCUT2D eigenvalue weighted by molar-refractivity contribution is -0.171. The van der Waals surface area contributed by atoms with Crippen molar-refractivity contribution in [1.82, 2.24) is 0 Å². The minimum absolute atomic E-state index is 0.142. The largest absolute Gasteiger partial charge is 0.459 e. The monoisotopic (exact) mass is 170 g/mol. The van der Waals surface area contributed by atoms with Crippen LogP contribution in [0.1, 0.15) is 27.7 Å². The van der Waals surface area contributed by atoms with E-state index < -0.39 is 5.79 Å². The van der Waals surface area contributed by atoms with Gasteiger partial charge in [-0.15, -0.1) is 0 Å². The molecular weight excluding hydrogens is 156 g/mol. The molecule has 1 heterocycles. The van der Waals surface area contributed by atoms with E-state index in [0.29, 0.717) is 11.3 Å². The molecule has 3 nitrogen and oxygen atoms in total. The molecule has 0 saturated carbocycles. The lowest BCUT2D eigenvalue weighted by Crippen LogP contribution is -2.32. The Hall–Kier alpha value is -0.830. The average Bonchev–Trinajstić information content (AvgIpc) is 2.14. The molecule has 1 N–H and O–H groups in total. The summed E-state index contributed by atoms with van der Waals surface area (Å²) in [5.74, 6) is -1.22. The first kappa shape index (κ1) is 9.26. The zero-order valence-corrected chi connectivity index (χ0v) is 7.84. The molecule has 0 bridgehead atoms. The molecule has 12 heavy (non-hydrogen) atoms. The second kappa shape index (κ2) is 2.59. The van der Waals surface area contributed by atoms with E-state index in [9.17, 15) is 9.90 Å². The minimum atomic E-state index is -1.64. The van der Waals surface area contributed by atoms with E-state index in [0.717, 1.165) is 0 Å². The molecule has 0 amide bonds. The van der Waals surface area contributed by atoms with Gasteiger partial charge in [0.15, 0.2) is 0 Å². The van der Waals surface area contributed by atoms with Crippen LogP contribution < -0.4 is 0 Å². The number of hydrogen-bond acceptors (Lipinski definition) is 3. The average molecular weight is 170 g/mol. The number of ketones is 1. The summed E-state index contributed by atoms with van der Waals surface area (Å²) in [6.45, 7) is 6.90. The van der Waals surface area contributed by atoms with Crippen molar-refractivity contribution in [3.05, 3.63) is 11.3 Å². The van der Waals surface area contributed by atoms with Crippen molar-refractivity contribution < 1.29 is 14.6 Å². The van der Waals surface area contributed by atoms with Crippen LogP contribution >= 0.6 is 0 Å². The number of rotatable bonds is 1. The summed E-state index contributed by atoms with van der Waals surface area (Å²) >= 11 is 0. The topological polar surface area (TPSA) is 46.5 Å². The Bertz CT molecular complexity index is 248. The Balaban J connectivity index is 3.00. The smallest absolute Gasteiger partial charge is 0.269 e.